The maximum atomic E-state index is 13.2. The number of benzene rings is 2. The van der Waals surface area contributed by atoms with Gasteiger partial charge in [0.1, 0.15) is 5.82 Å². The Bertz CT molecular complexity index is 734. The highest BCUT2D eigenvalue weighted by molar-refractivity contribution is 5.92. The van der Waals surface area contributed by atoms with Crippen LogP contribution in [0.25, 0.3) is 0 Å². The average Bonchev–Trinajstić information content (AvgIpc) is 2.53. The first-order chi connectivity index (χ1) is 11.0. The van der Waals surface area contributed by atoms with Crippen LogP contribution in [-0.4, -0.2) is 17.4 Å². The zero-order chi connectivity index (χ0) is 16.8. The van der Waals surface area contributed by atoms with Gasteiger partial charge in [-0.1, -0.05) is 25.1 Å². The van der Waals surface area contributed by atoms with Crippen LogP contribution in [0.2, 0.25) is 0 Å². The zero-order valence-electron chi connectivity index (χ0n) is 12.4. The van der Waals surface area contributed by atoms with Crippen LogP contribution in [0, 0.1) is 15.9 Å². The van der Waals surface area contributed by atoms with E-state index in [2.05, 4.69) is 5.32 Å². The molecule has 0 aliphatic rings. The van der Waals surface area contributed by atoms with E-state index < -0.39 is 28.9 Å². The molecule has 0 spiro atoms. The highest BCUT2D eigenvalue weighted by Gasteiger charge is 2.17. The summed E-state index contributed by atoms with van der Waals surface area (Å²) in [5.74, 6) is -1.44. The lowest BCUT2D eigenvalue weighted by Gasteiger charge is -2.10. The number of ether oxygens (including phenoxy) is 1. The number of nitro groups is 1. The van der Waals surface area contributed by atoms with E-state index in [-0.39, 0.29) is 5.75 Å². The number of nitro benzene ring substituents is 1. The van der Waals surface area contributed by atoms with Gasteiger partial charge in [-0.25, -0.2) is 4.39 Å². The molecule has 23 heavy (non-hydrogen) atoms. The summed E-state index contributed by atoms with van der Waals surface area (Å²) in [5.41, 5.74) is 1.21. The molecule has 1 N–H and O–H groups in total. The standard InChI is InChI=1S/C16H15FN2O4/c1-2-11-5-3-4-6-13(11)18-16(20)10-23-15-9-12(17)7-8-14(15)19(21)22/h3-9H,2,10H2,1H3,(H,18,20). The lowest BCUT2D eigenvalue weighted by molar-refractivity contribution is -0.385. The van der Waals surface area contributed by atoms with Gasteiger partial charge in [-0.05, 0) is 24.1 Å². The van der Waals surface area contributed by atoms with Gasteiger partial charge in [-0.3, -0.25) is 14.9 Å². The summed E-state index contributed by atoms with van der Waals surface area (Å²) in [6.45, 7) is 1.50. The lowest BCUT2D eigenvalue weighted by atomic mass is 10.1. The van der Waals surface area contributed by atoms with Crippen molar-refractivity contribution in [1.29, 1.82) is 0 Å². The smallest absolute Gasteiger partial charge is 0.311 e. The van der Waals surface area contributed by atoms with E-state index in [0.717, 1.165) is 30.2 Å². The van der Waals surface area contributed by atoms with Crippen LogP contribution < -0.4 is 10.1 Å². The van der Waals surface area contributed by atoms with E-state index in [9.17, 15) is 19.3 Å². The van der Waals surface area contributed by atoms with E-state index in [0.29, 0.717) is 5.69 Å². The molecule has 6 nitrogen and oxygen atoms in total. The fraction of sp³-hybridized carbons (Fsp3) is 0.188. The first-order valence-electron chi connectivity index (χ1n) is 6.95. The fourth-order valence-electron chi connectivity index (χ4n) is 2.03. The number of rotatable bonds is 6. The Morgan fingerprint density at radius 2 is 2.04 bits per heavy atom. The van der Waals surface area contributed by atoms with Gasteiger partial charge in [0.25, 0.3) is 5.91 Å². The van der Waals surface area contributed by atoms with Crippen LogP contribution in [0.4, 0.5) is 15.8 Å². The molecule has 0 aliphatic carbocycles. The summed E-state index contributed by atoms with van der Waals surface area (Å²) in [4.78, 5) is 22.1. The molecule has 2 aromatic carbocycles. The van der Waals surface area contributed by atoms with Crippen LogP contribution in [0.3, 0.4) is 0 Å². The Morgan fingerprint density at radius 3 is 2.74 bits per heavy atom. The number of nitrogens with zero attached hydrogens (tertiary/aromatic N) is 1. The highest BCUT2D eigenvalue weighted by atomic mass is 19.1. The van der Waals surface area contributed by atoms with Crippen LogP contribution in [0.1, 0.15) is 12.5 Å². The number of halogens is 1. The SMILES string of the molecule is CCc1ccccc1NC(=O)COc1cc(F)ccc1[N+](=O)[O-]. The quantitative estimate of drug-likeness (QED) is 0.654. The number of aryl methyl sites for hydroxylation is 1. The van der Waals surface area contributed by atoms with Gasteiger partial charge in [0.05, 0.1) is 4.92 Å². The minimum Gasteiger partial charge on any atom is -0.477 e. The van der Waals surface area contributed by atoms with Gasteiger partial charge in [0, 0.05) is 17.8 Å². The molecule has 0 saturated heterocycles. The Labute approximate surface area is 132 Å². The summed E-state index contributed by atoms with van der Waals surface area (Å²) >= 11 is 0. The molecule has 0 unspecified atom stereocenters. The Hall–Kier alpha value is -2.96. The molecule has 0 radical (unpaired) electrons. The van der Waals surface area contributed by atoms with E-state index in [4.69, 9.17) is 4.74 Å². The number of carbonyl (C=O) groups excluding carboxylic acids is 1. The maximum absolute atomic E-state index is 13.2. The monoisotopic (exact) mass is 318 g/mol. The zero-order valence-corrected chi connectivity index (χ0v) is 12.4. The second-order valence-corrected chi connectivity index (χ2v) is 4.72. The van der Waals surface area contributed by atoms with Gasteiger partial charge in [0.2, 0.25) is 5.75 Å². The van der Waals surface area contributed by atoms with Crippen molar-refractivity contribution >= 4 is 17.3 Å². The molecular formula is C16H15FN2O4. The van der Waals surface area contributed by atoms with Gasteiger partial charge in [-0.15, -0.1) is 0 Å². The highest BCUT2D eigenvalue weighted by Crippen LogP contribution is 2.27. The number of amides is 1. The van der Waals surface area contributed by atoms with Gasteiger partial charge >= 0.3 is 5.69 Å². The molecule has 120 valence electrons. The average molecular weight is 318 g/mol. The second-order valence-electron chi connectivity index (χ2n) is 4.72. The number of carbonyl (C=O) groups is 1. The van der Waals surface area contributed by atoms with E-state index >= 15 is 0 Å². The third-order valence-electron chi connectivity index (χ3n) is 3.15. The summed E-state index contributed by atoms with van der Waals surface area (Å²) in [6.07, 6.45) is 0.743. The van der Waals surface area contributed by atoms with Crippen LogP contribution in [0.5, 0.6) is 5.75 Å². The molecule has 0 aromatic heterocycles. The Morgan fingerprint density at radius 1 is 1.30 bits per heavy atom. The molecule has 0 saturated carbocycles. The molecule has 0 atom stereocenters. The number of nitrogens with one attached hydrogen (secondary N) is 1. The van der Waals surface area contributed by atoms with Crippen molar-refractivity contribution in [2.75, 3.05) is 11.9 Å². The summed E-state index contributed by atoms with van der Waals surface area (Å²) in [7, 11) is 0. The molecule has 2 aromatic rings. The normalized spacial score (nSPS) is 10.2. The molecule has 0 fully saturated rings. The molecule has 0 bridgehead atoms. The largest absolute Gasteiger partial charge is 0.477 e. The number of para-hydroxylation sites is 1. The Kier molecular flexibility index (Phi) is 5.24. The van der Waals surface area contributed by atoms with Crippen molar-refractivity contribution in [3.63, 3.8) is 0 Å². The predicted molar refractivity (Wildman–Crippen MR) is 83.0 cm³/mol. The lowest BCUT2D eigenvalue weighted by Crippen LogP contribution is -2.21. The van der Waals surface area contributed by atoms with E-state index in [1.807, 2.05) is 19.1 Å². The maximum Gasteiger partial charge on any atom is 0.311 e. The summed E-state index contributed by atoms with van der Waals surface area (Å²) in [6, 6.07) is 10.1. The van der Waals surface area contributed by atoms with Crippen molar-refractivity contribution in [2.45, 2.75) is 13.3 Å². The van der Waals surface area contributed by atoms with E-state index in [1.54, 1.807) is 12.1 Å². The van der Waals surface area contributed by atoms with Crippen molar-refractivity contribution in [3.8, 4) is 5.75 Å². The first kappa shape index (κ1) is 16.4. The number of hydrogen-bond acceptors (Lipinski definition) is 4. The first-order valence-corrected chi connectivity index (χ1v) is 6.95. The van der Waals surface area contributed by atoms with Crippen molar-refractivity contribution in [2.24, 2.45) is 0 Å². The Balaban J connectivity index is 2.05. The van der Waals surface area contributed by atoms with Crippen LogP contribution in [-0.2, 0) is 11.2 Å². The predicted octanol–water partition coefficient (Wildman–Crippen LogP) is 3.31. The molecule has 2 rings (SSSR count). The number of anilines is 1. The minimum absolute atomic E-state index is 0.283. The van der Waals surface area contributed by atoms with Gasteiger partial charge in [-0.2, -0.15) is 0 Å². The van der Waals surface area contributed by atoms with Crippen molar-refractivity contribution in [3.05, 3.63) is 64.0 Å². The second kappa shape index (κ2) is 7.35. The fourth-order valence-corrected chi connectivity index (χ4v) is 2.03. The van der Waals surface area contributed by atoms with Gasteiger partial charge in [0.15, 0.2) is 6.61 Å². The van der Waals surface area contributed by atoms with Gasteiger partial charge < -0.3 is 10.1 Å². The summed E-state index contributed by atoms with van der Waals surface area (Å²) in [5, 5.41) is 13.5. The summed E-state index contributed by atoms with van der Waals surface area (Å²) < 4.78 is 18.3. The van der Waals surface area contributed by atoms with E-state index in [1.165, 1.54) is 0 Å². The molecule has 0 aliphatic heterocycles. The molecule has 0 heterocycles. The third kappa shape index (κ3) is 4.26. The van der Waals surface area contributed by atoms with Crippen molar-refractivity contribution < 1.29 is 18.8 Å². The molecule has 1 amide bonds. The van der Waals surface area contributed by atoms with Crippen LogP contribution >= 0.6 is 0 Å². The van der Waals surface area contributed by atoms with Crippen molar-refractivity contribution in [1.82, 2.24) is 0 Å². The van der Waals surface area contributed by atoms with Crippen LogP contribution in [0.15, 0.2) is 42.5 Å². The molecular weight excluding hydrogens is 303 g/mol. The number of hydrogen-bond donors (Lipinski definition) is 1. The molecule has 7 heteroatoms. The topological polar surface area (TPSA) is 81.5 Å². The third-order valence-corrected chi connectivity index (χ3v) is 3.15. The minimum atomic E-state index is -0.695.